The number of hydrogen-bond acceptors (Lipinski definition) is 4. The Kier molecular flexibility index (Phi) is 2.22. The summed E-state index contributed by atoms with van der Waals surface area (Å²) in [6, 6.07) is 9.91. The Morgan fingerprint density at radius 1 is 1.18 bits per heavy atom. The third-order valence-corrected chi connectivity index (χ3v) is 2.59. The van der Waals surface area contributed by atoms with E-state index in [0.717, 1.165) is 17.2 Å². The average Bonchev–Trinajstić information content (AvgIpc) is 2.68. The molecule has 3 rings (SSSR count). The summed E-state index contributed by atoms with van der Waals surface area (Å²) in [6.45, 7) is 0. The van der Waals surface area contributed by atoms with Gasteiger partial charge in [-0.15, -0.1) is 0 Å². The fourth-order valence-corrected chi connectivity index (χ4v) is 1.69. The summed E-state index contributed by atoms with van der Waals surface area (Å²) in [7, 11) is 1.93. The van der Waals surface area contributed by atoms with Gasteiger partial charge in [-0.25, -0.2) is 9.97 Å². The Labute approximate surface area is 98.2 Å². The molecule has 0 unspecified atom stereocenters. The number of aromatic nitrogens is 4. The van der Waals surface area contributed by atoms with Crippen LogP contribution in [0.15, 0.2) is 42.9 Å². The molecular formula is C12H11N5. The zero-order chi connectivity index (χ0) is 11.7. The van der Waals surface area contributed by atoms with Crippen LogP contribution in [0.1, 0.15) is 0 Å². The van der Waals surface area contributed by atoms with Gasteiger partial charge >= 0.3 is 0 Å². The first-order valence-corrected chi connectivity index (χ1v) is 5.29. The monoisotopic (exact) mass is 225 g/mol. The van der Waals surface area contributed by atoms with E-state index in [4.69, 9.17) is 0 Å². The topological polar surface area (TPSA) is 55.6 Å². The number of imidazole rings is 1. The summed E-state index contributed by atoms with van der Waals surface area (Å²) in [6.07, 6.45) is 3.26. The predicted molar refractivity (Wildman–Crippen MR) is 66.0 cm³/mol. The quantitative estimate of drug-likeness (QED) is 0.725. The lowest BCUT2D eigenvalue weighted by Gasteiger charge is -2.05. The predicted octanol–water partition coefficient (Wildman–Crippen LogP) is 2.11. The van der Waals surface area contributed by atoms with Crippen molar-refractivity contribution in [2.75, 3.05) is 5.32 Å². The molecule has 0 atom stereocenters. The molecule has 1 N–H and O–H groups in total. The lowest BCUT2D eigenvalue weighted by Crippen LogP contribution is -1.98. The van der Waals surface area contributed by atoms with Crippen molar-refractivity contribution in [1.82, 2.24) is 19.5 Å². The molecule has 0 bridgehead atoms. The van der Waals surface area contributed by atoms with Crippen LogP contribution in [0.4, 0.5) is 11.6 Å². The average molecular weight is 225 g/mol. The van der Waals surface area contributed by atoms with Crippen molar-refractivity contribution >= 4 is 22.8 Å². The van der Waals surface area contributed by atoms with Crippen LogP contribution in [-0.4, -0.2) is 19.5 Å². The van der Waals surface area contributed by atoms with Crippen LogP contribution < -0.4 is 5.32 Å². The molecule has 17 heavy (non-hydrogen) atoms. The van der Waals surface area contributed by atoms with Gasteiger partial charge in [0, 0.05) is 12.7 Å². The number of nitrogens with zero attached hydrogens (tertiary/aromatic N) is 4. The molecule has 0 radical (unpaired) electrons. The van der Waals surface area contributed by atoms with Gasteiger partial charge in [-0.05, 0) is 12.1 Å². The van der Waals surface area contributed by atoms with E-state index >= 15 is 0 Å². The number of aryl methyl sites for hydroxylation is 1. The second-order valence-corrected chi connectivity index (χ2v) is 3.72. The standard InChI is InChI=1S/C12H11N5/c1-17-10-7-13-8-14-11(10)16-12(17)15-9-5-3-2-4-6-9/h2-8H,1H3,(H,13,14,15,16). The van der Waals surface area contributed by atoms with Crippen molar-refractivity contribution in [3.8, 4) is 0 Å². The summed E-state index contributed by atoms with van der Waals surface area (Å²) in [5, 5.41) is 3.25. The Hall–Kier alpha value is -2.43. The van der Waals surface area contributed by atoms with Crippen LogP contribution in [0.5, 0.6) is 0 Å². The minimum absolute atomic E-state index is 0.695. The van der Waals surface area contributed by atoms with Crippen molar-refractivity contribution < 1.29 is 0 Å². The van der Waals surface area contributed by atoms with E-state index in [9.17, 15) is 0 Å². The van der Waals surface area contributed by atoms with E-state index in [2.05, 4.69) is 20.3 Å². The van der Waals surface area contributed by atoms with E-state index in [-0.39, 0.29) is 0 Å². The van der Waals surface area contributed by atoms with Gasteiger partial charge in [0.1, 0.15) is 11.8 Å². The number of fused-ring (bicyclic) bond motifs is 1. The van der Waals surface area contributed by atoms with Gasteiger partial charge in [0.05, 0.1) is 6.20 Å². The summed E-state index contributed by atoms with van der Waals surface area (Å²) < 4.78 is 1.93. The third kappa shape index (κ3) is 1.71. The van der Waals surface area contributed by atoms with E-state index in [1.165, 1.54) is 6.33 Å². The highest BCUT2D eigenvalue weighted by Crippen LogP contribution is 2.18. The van der Waals surface area contributed by atoms with Crippen LogP contribution in [0.3, 0.4) is 0 Å². The maximum absolute atomic E-state index is 4.41. The molecule has 84 valence electrons. The molecule has 0 spiro atoms. The van der Waals surface area contributed by atoms with Crippen LogP contribution in [0.25, 0.3) is 11.2 Å². The molecular weight excluding hydrogens is 214 g/mol. The number of para-hydroxylation sites is 1. The van der Waals surface area contributed by atoms with Gasteiger partial charge in [-0.2, -0.15) is 4.98 Å². The lowest BCUT2D eigenvalue weighted by atomic mass is 10.3. The van der Waals surface area contributed by atoms with E-state index in [1.54, 1.807) is 6.20 Å². The summed E-state index contributed by atoms with van der Waals surface area (Å²) in [4.78, 5) is 12.5. The normalized spacial score (nSPS) is 10.6. The van der Waals surface area contributed by atoms with Crippen molar-refractivity contribution in [2.24, 2.45) is 7.05 Å². The minimum atomic E-state index is 0.695. The highest BCUT2D eigenvalue weighted by Gasteiger charge is 2.07. The molecule has 3 aromatic rings. The van der Waals surface area contributed by atoms with Crippen LogP contribution >= 0.6 is 0 Å². The first kappa shape index (κ1) is 9.77. The number of nitrogens with one attached hydrogen (secondary N) is 1. The van der Waals surface area contributed by atoms with Gasteiger partial charge < -0.3 is 9.88 Å². The second-order valence-electron chi connectivity index (χ2n) is 3.72. The van der Waals surface area contributed by atoms with E-state index in [0.29, 0.717) is 5.65 Å². The van der Waals surface area contributed by atoms with Crippen LogP contribution in [0, 0.1) is 0 Å². The number of rotatable bonds is 2. The van der Waals surface area contributed by atoms with E-state index in [1.807, 2.05) is 41.9 Å². The summed E-state index contributed by atoms with van der Waals surface area (Å²) in [5.74, 6) is 0.756. The Balaban J connectivity index is 2.04. The van der Waals surface area contributed by atoms with Gasteiger partial charge in [-0.3, -0.25) is 0 Å². The molecule has 5 nitrogen and oxygen atoms in total. The minimum Gasteiger partial charge on any atom is -0.326 e. The molecule has 5 heteroatoms. The van der Waals surface area contributed by atoms with E-state index < -0.39 is 0 Å². The highest BCUT2D eigenvalue weighted by atomic mass is 15.2. The van der Waals surface area contributed by atoms with Gasteiger partial charge in [-0.1, -0.05) is 18.2 Å². The number of anilines is 2. The van der Waals surface area contributed by atoms with Crippen molar-refractivity contribution in [2.45, 2.75) is 0 Å². The zero-order valence-corrected chi connectivity index (χ0v) is 9.33. The van der Waals surface area contributed by atoms with Crippen molar-refractivity contribution in [1.29, 1.82) is 0 Å². The fraction of sp³-hybridized carbons (Fsp3) is 0.0833. The molecule has 0 aliphatic heterocycles. The smallest absolute Gasteiger partial charge is 0.209 e. The first-order valence-electron chi connectivity index (χ1n) is 5.29. The highest BCUT2D eigenvalue weighted by molar-refractivity contribution is 5.74. The number of benzene rings is 1. The SMILES string of the molecule is Cn1c(Nc2ccccc2)nc2ncncc21. The molecule has 2 aromatic heterocycles. The molecule has 0 saturated heterocycles. The van der Waals surface area contributed by atoms with Gasteiger partial charge in [0.25, 0.3) is 0 Å². The molecule has 1 aromatic carbocycles. The molecule has 0 aliphatic carbocycles. The summed E-state index contributed by atoms with van der Waals surface area (Å²) in [5.41, 5.74) is 2.60. The van der Waals surface area contributed by atoms with Gasteiger partial charge in [0.15, 0.2) is 5.65 Å². The molecule has 2 heterocycles. The largest absolute Gasteiger partial charge is 0.326 e. The molecule has 0 fully saturated rings. The van der Waals surface area contributed by atoms with Crippen molar-refractivity contribution in [3.63, 3.8) is 0 Å². The Bertz CT molecular complexity index is 644. The maximum Gasteiger partial charge on any atom is 0.209 e. The second kappa shape index (κ2) is 3.86. The maximum atomic E-state index is 4.41. The first-order chi connectivity index (χ1) is 8.34. The van der Waals surface area contributed by atoms with Crippen LogP contribution in [0.2, 0.25) is 0 Å². The van der Waals surface area contributed by atoms with Crippen LogP contribution in [-0.2, 0) is 7.05 Å². The lowest BCUT2D eigenvalue weighted by molar-refractivity contribution is 0.955. The number of hydrogen-bond donors (Lipinski definition) is 1. The molecule has 0 saturated carbocycles. The molecule has 0 amide bonds. The van der Waals surface area contributed by atoms with Gasteiger partial charge in [0.2, 0.25) is 5.95 Å². The zero-order valence-electron chi connectivity index (χ0n) is 9.33. The Morgan fingerprint density at radius 3 is 2.76 bits per heavy atom. The Morgan fingerprint density at radius 2 is 2.00 bits per heavy atom. The third-order valence-electron chi connectivity index (χ3n) is 2.59. The fourth-order valence-electron chi connectivity index (χ4n) is 1.69. The van der Waals surface area contributed by atoms with Crippen molar-refractivity contribution in [3.05, 3.63) is 42.9 Å². The summed E-state index contributed by atoms with van der Waals surface area (Å²) >= 11 is 0. The molecule has 0 aliphatic rings.